The summed E-state index contributed by atoms with van der Waals surface area (Å²) in [4.78, 5) is 11.0. The van der Waals surface area contributed by atoms with Crippen LogP contribution in [0.15, 0.2) is 24.3 Å². The summed E-state index contributed by atoms with van der Waals surface area (Å²) in [5.41, 5.74) is 1.14. The Labute approximate surface area is 92.9 Å². The van der Waals surface area contributed by atoms with E-state index in [1.807, 2.05) is 6.07 Å². The van der Waals surface area contributed by atoms with E-state index >= 15 is 0 Å². The molecule has 0 spiro atoms. The Balaban J connectivity index is 2.70. The molecule has 0 aliphatic carbocycles. The van der Waals surface area contributed by atoms with Crippen molar-refractivity contribution < 1.29 is 9.90 Å². The fourth-order valence-corrected chi connectivity index (χ4v) is 1.28. The van der Waals surface area contributed by atoms with Crippen LogP contribution >= 0.6 is 11.6 Å². The third kappa shape index (κ3) is 3.35. The second-order valence-electron chi connectivity index (χ2n) is 3.13. The second kappa shape index (κ2) is 5.50. The van der Waals surface area contributed by atoms with Gasteiger partial charge in [-0.05, 0) is 17.7 Å². The van der Waals surface area contributed by atoms with Gasteiger partial charge in [-0.25, -0.2) is 0 Å². The molecule has 1 rings (SSSR count). The minimum atomic E-state index is -0.844. The lowest BCUT2D eigenvalue weighted by Crippen LogP contribution is -2.07. The van der Waals surface area contributed by atoms with Crippen molar-refractivity contribution in [1.82, 2.24) is 0 Å². The molecule has 15 heavy (non-hydrogen) atoms. The van der Waals surface area contributed by atoms with Crippen molar-refractivity contribution in [2.75, 3.05) is 5.88 Å². The Morgan fingerprint density at radius 1 is 1.47 bits per heavy atom. The van der Waals surface area contributed by atoms with Crippen LogP contribution in [0.3, 0.4) is 0 Å². The molecule has 3 nitrogen and oxygen atoms in total. The Hall–Kier alpha value is -1.37. The number of alkyl halides is 1. The maximum atomic E-state index is 11.0. The Kier molecular flexibility index (Phi) is 4.29. The Morgan fingerprint density at radius 2 is 2.07 bits per heavy atom. The quantitative estimate of drug-likeness (QED) is 0.792. The molecule has 1 aromatic rings. The number of nitrogens with zero attached hydrogens (tertiary/aromatic N) is 1. The van der Waals surface area contributed by atoms with Crippen LogP contribution < -0.4 is 0 Å². The highest BCUT2D eigenvalue weighted by Gasteiger charge is 2.11. The molecule has 0 aliphatic rings. The number of Topliss-reactive ketones (excluding diaryl/α,β-unsaturated/α-hetero) is 1. The zero-order valence-electron chi connectivity index (χ0n) is 7.98. The van der Waals surface area contributed by atoms with Gasteiger partial charge in [0.05, 0.1) is 23.6 Å². The van der Waals surface area contributed by atoms with E-state index in [9.17, 15) is 9.90 Å². The first-order valence-corrected chi connectivity index (χ1v) is 4.96. The summed E-state index contributed by atoms with van der Waals surface area (Å²) < 4.78 is 0. The molecule has 0 radical (unpaired) electrons. The van der Waals surface area contributed by atoms with Crippen molar-refractivity contribution in [3.63, 3.8) is 0 Å². The fraction of sp³-hybridized carbons (Fsp3) is 0.273. The third-order valence-corrected chi connectivity index (χ3v) is 2.29. The fourth-order valence-electron chi connectivity index (χ4n) is 1.17. The lowest BCUT2D eigenvalue weighted by Gasteiger charge is -2.08. The molecule has 0 heterocycles. The van der Waals surface area contributed by atoms with Crippen LogP contribution in [0.25, 0.3) is 0 Å². The second-order valence-corrected chi connectivity index (χ2v) is 3.39. The molecule has 1 aromatic carbocycles. The average Bonchev–Trinajstić information content (AvgIpc) is 2.29. The number of aliphatic hydroxyl groups excluding tert-OH is 1. The molecule has 4 heteroatoms. The lowest BCUT2D eigenvalue weighted by atomic mass is 10.0. The first-order chi connectivity index (χ1) is 7.17. The van der Waals surface area contributed by atoms with Crippen molar-refractivity contribution >= 4 is 17.4 Å². The van der Waals surface area contributed by atoms with Gasteiger partial charge in [-0.1, -0.05) is 12.1 Å². The highest BCUT2D eigenvalue weighted by Crippen LogP contribution is 2.17. The van der Waals surface area contributed by atoms with Gasteiger partial charge in [0.25, 0.3) is 0 Å². The molecule has 0 amide bonds. The van der Waals surface area contributed by atoms with Crippen LogP contribution in [-0.2, 0) is 4.79 Å². The van der Waals surface area contributed by atoms with Gasteiger partial charge in [0.15, 0.2) is 5.78 Å². The number of aliphatic hydroxyl groups is 1. The van der Waals surface area contributed by atoms with Gasteiger partial charge in [-0.15, -0.1) is 11.6 Å². The van der Waals surface area contributed by atoms with Crippen LogP contribution in [0, 0.1) is 11.3 Å². The average molecular weight is 224 g/mol. The van der Waals surface area contributed by atoms with E-state index in [1.165, 1.54) is 0 Å². The van der Waals surface area contributed by atoms with Crippen LogP contribution in [-0.4, -0.2) is 16.8 Å². The Morgan fingerprint density at radius 3 is 2.53 bits per heavy atom. The predicted octanol–water partition coefficient (Wildman–Crippen LogP) is 1.79. The first-order valence-electron chi connectivity index (χ1n) is 4.43. The van der Waals surface area contributed by atoms with Gasteiger partial charge in [0, 0.05) is 6.42 Å². The summed E-state index contributed by atoms with van der Waals surface area (Å²) in [6, 6.07) is 8.44. The summed E-state index contributed by atoms with van der Waals surface area (Å²) in [5, 5.41) is 18.2. The van der Waals surface area contributed by atoms with Crippen molar-refractivity contribution in [1.29, 1.82) is 5.26 Å². The third-order valence-electron chi connectivity index (χ3n) is 1.99. The Bertz CT molecular complexity index is 381. The monoisotopic (exact) mass is 223 g/mol. The molecule has 1 unspecified atom stereocenters. The van der Waals surface area contributed by atoms with E-state index < -0.39 is 6.10 Å². The molecule has 0 aromatic heterocycles. The van der Waals surface area contributed by atoms with E-state index in [0.29, 0.717) is 11.1 Å². The van der Waals surface area contributed by atoms with E-state index in [4.69, 9.17) is 16.9 Å². The molecule has 1 atom stereocenters. The molecule has 0 fully saturated rings. The number of nitriles is 1. The molecule has 0 bridgehead atoms. The number of ketones is 1. The summed E-state index contributed by atoms with van der Waals surface area (Å²) in [6.07, 6.45) is -0.834. The highest BCUT2D eigenvalue weighted by atomic mass is 35.5. The number of carbonyl (C=O) groups excluding carboxylic acids is 1. The van der Waals surface area contributed by atoms with Crippen LogP contribution in [0.2, 0.25) is 0 Å². The van der Waals surface area contributed by atoms with Crippen molar-refractivity contribution in [2.45, 2.75) is 12.5 Å². The molecule has 78 valence electrons. The molecule has 1 N–H and O–H groups in total. The van der Waals surface area contributed by atoms with E-state index in [1.54, 1.807) is 24.3 Å². The lowest BCUT2D eigenvalue weighted by molar-refractivity contribution is -0.118. The molecule has 0 saturated carbocycles. The maximum absolute atomic E-state index is 11.0. The van der Waals surface area contributed by atoms with Crippen molar-refractivity contribution in [3.05, 3.63) is 35.4 Å². The zero-order chi connectivity index (χ0) is 11.3. The predicted molar refractivity (Wildman–Crippen MR) is 56.5 cm³/mol. The topological polar surface area (TPSA) is 61.1 Å². The minimum absolute atomic E-state index is 0.00933. The van der Waals surface area contributed by atoms with Gasteiger partial charge >= 0.3 is 0 Å². The number of benzene rings is 1. The number of hydrogen-bond donors (Lipinski definition) is 1. The van der Waals surface area contributed by atoms with Crippen molar-refractivity contribution in [3.8, 4) is 6.07 Å². The number of halogens is 1. The first kappa shape index (κ1) is 11.7. The summed E-state index contributed by atoms with van der Waals surface area (Å²) >= 11 is 5.33. The van der Waals surface area contributed by atoms with Gasteiger partial charge in [-0.2, -0.15) is 5.26 Å². The van der Waals surface area contributed by atoms with E-state index in [-0.39, 0.29) is 18.1 Å². The molecule has 0 saturated heterocycles. The van der Waals surface area contributed by atoms with Gasteiger partial charge < -0.3 is 5.11 Å². The van der Waals surface area contributed by atoms with Crippen molar-refractivity contribution in [2.24, 2.45) is 0 Å². The minimum Gasteiger partial charge on any atom is -0.388 e. The van der Waals surface area contributed by atoms with Crippen LogP contribution in [0.1, 0.15) is 23.7 Å². The number of rotatable bonds is 4. The summed E-state index contributed by atoms with van der Waals surface area (Å²) in [7, 11) is 0. The van der Waals surface area contributed by atoms with Crippen LogP contribution in [0.4, 0.5) is 0 Å². The molecular formula is C11H10ClNO2. The van der Waals surface area contributed by atoms with E-state index in [2.05, 4.69) is 0 Å². The maximum Gasteiger partial charge on any atom is 0.150 e. The normalized spacial score (nSPS) is 11.8. The largest absolute Gasteiger partial charge is 0.388 e. The molecular weight excluding hydrogens is 214 g/mol. The zero-order valence-corrected chi connectivity index (χ0v) is 8.74. The van der Waals surface area contributed by atoms with Gasteiger partial charge in [0.2, 0.25) is 0 Å². The number of hydrogen-bond acceptors (Lipinski definition) is 3. The smallest absolute Gasteiger partial charge is 0.150 e. The standard InChI is InChI=1S/C11H10ClNO2/c12-6-10(14)5-11(15)9-3-1-8(7-13)2-4-9/h1-4,11,15H,5-6H2. The van der Waals surface area contributed by atoms with E-state index in [0.717, 1.165) is 0 Å². The van der Waals surface area contributed by atoms with Gasteiger partial charge in [0.1, 0.15) is 0 Å². The molecule has 0 aliphatic heterocycles. The van der Waals surface area contributed by atoms with Crippen LogP contribution in [0.5, 0.6) is 0 Å². The summed E-state index contributed by atoms with van der Waals surface area (Å²) in [5.74, 6) is -0.290. The highest BCUT2D eigenvalue weighted by molar-refractivity contribution is 6.27. The summed E-state index contributed by atoms with van der Waals surface area (Å²) in [6.45, 7) is 0. The SMILES string of the molecule is N#Cc1ccc(C(O)CC(=O)CCl)cc1. The van der Waals surface area contributed by atoms with Gasteiger partial charge in [-0.3, -0.25) is 4.79 Å². The number of carbonyl (C=O) groups is 1.